The van der Waals surface area contributed by atoms with E-state index in [1.165, 1.54) is 28.6 Å². The number of benzene rings is 2. The van der Waals surface area contributed by atoms with Crippen molar-refractivity contribution in [3.63, 3.8) is 0 Å². The molecule has 0 saturated carbocycles. The van der Waals surface area contributed by atoms with E-state index in [9.17, 15) is 0 Å². The first kappa shape index (κ1) is 19.9. The molecule has 1 atom stereocenters. The summed E-state index contributed by atoms with van der Waals surface area (Å²) >= 11 is 3.73. The molecule has 0 amide bonds. The quantitative estimate of drug-likeness (QED) is 0.383. The van der Waals surface area contributed by atoms with Crippen LogP contribution >= 0.6 is 15.9 Å². The monoisotopic (exact) mass is 474 g/mol. The Hall–Kier alpha value is -3.06. The molecule has 6 nitrogen and oxygen atoms in total. The second kappa shape index (κ2) is 8.59. The molecule has 0 aliphatic carbocycles. The van der Waals surface area contributed by atoms with Crippen molar-refractivity contribution in [1.29, 1.82) is 0 Å². The third kappa shape index (κ3) is 3.85. The number of tetrazole rings is 1. The van der Waals surface area contributed by atoms with E-state index in [1.807, 2.05) is 24.4 Å². The number of nitrogens with one attached hydrogen (secondary N) is 1. The average molecular weight is 475 g/mol. The van der Waals surface area contributed by atoms with Crippen molar-refractivity contribution in [2.45, 2.75) is 38.6 Å². The normalized spacial score (nSPS) is 15.5. The average Bonchev–Trinajstić information content (AvgIpc) is 3.48. The van der Waals surface area contributed by atoms with Crippen molar-refractivity contribution in [3.05, 3.63) is 76.3 Å². The molecule has 3 heterocycles. The smallest absolute Gasteiger partial charge is 0.205 e. The van der Waals surface area contributed by atoms with Crippen molar-refractivity contribution in [3.8, 4) is 22.5 Å². The number of nitrogens with zero attached hydrogens (tertiary/aromatic N) is 5. The van der Waals surface area contributed by atoms with Crippen LogP contribution in [0.15, 0.2) is 59.2 Å². The molecule has 1 aliphatic heterocycles. The highest BCUT2D eigenvalue weighted by atomic mass is 79.9. The van der Waals surface area contributed by atoms with Crippen molar-refractivity contribution in [2.75, 3.05) is 0 Å². The molecule has 0 bridgehead atoms. The third-order valence-electron chi connectivity index (χ3n) is 5.79. The largest absolute Gasteiger partial charge is 0.321 e. The molecule has 1 aliphatic rings. The topological polar surface area (TPSA) is 72.3 Å². The maximum Gasteiger partial charge on any atom is 0.205 e. The standard InChI is InChI=1S/C24H23BrN6/c1-2-3-6-19-15-26-23-14-18(25)13-22(31(19)23)17-11-9-16(10-12-17)20-7-4-5-8-21(20)24-27-29-30-28-24/h4-5,7-12,14-15,22H,2-3,6,13H2,1H3,(H,27,28,29,30). The van der Waals surface area contributed by atoms with E-state index in [1.54, 1.807) is 0 Å². The summed E-state index contributed by atoms with van der Waals surface area (Å²) in [4.78, 5) is 4.67. The number of aryl methyl sites for hydroxylation is 1. The number of allylic oxidation sites excluding steroid dienone is 1. The minimum absolute atomic E-state index is 0.241. The second-order valence-electron chi connectivity index (χ2n) is 7.80. The van der Waals surface area contributed by atoms with E-state index >= 15 is 0 Å². The molecule has 0 saturated heterocycles. The molecule has 1 unspecified atom stereocenters. The van der Waals surface area contributed by atoms with Crippen LogP contribution in [0, 0.1) is 0 Å². The summed E-state index contributed by atoms with van der Waals surface area (Å²) in [7, 11) is 0. The number of hydrogen-bond acceptors (Lipinski definition) is 4. The molecule has 0 fully saturated rings. The molecule has 4 aromatic rings. The number of imidazole rings is 1. The molecule has 1 N–H and O–H groups in total. The summed E-state index contributed by atoms with van der Waals surface area (Å²) in [5.74, 6) is 1.63. The molecule has 31 heavy (non-hydrogen) atoms. The van der Waals surface area contributed by atoms with Gasteiger partial charge in [0.15, 0.2) is 0 Å². The van der Waals surface area contributed by atoms with Crippen LogP contribution in [0.2, 0.25) is 0 Å². The van der Waals surface area contributed by atoms with Gasteiger partial charge in [0.25, 0.3) is 0 Å². The molecule has 0 radical (unpaired) electrons. The van der Waals surface area contributed by atoms with Crippen molar-refractivity contribution >= 4 is 22.0 Å². The van der Waals surface area contributed by atoms with Gasteiger partial charge in [0.05, 0.1) is 6.04 Å². The zero-order valence-electron chi connectivity index (χ0n) is 17.3. The first-order valence-electron chi connectivity index (χ1n) is 10.6. The highest BCUT2D eigenvalue weighted by Crippen LogP contribution is 2.38. The molecule has 7 heteroatoms. The van der Waals surface area contributed by atoms with Crippen molar-refractivity contribution < 1.29 is 0 Å². The van der Waals surface area contributed by atoms with Gasteiger partial charge in [0, 0.05) is 28.4 Å². The summed E-state index contributed by atoms with van der Waals surface area (Å²) in [6, 6.07) is 17.2. The molecule has 5 rings (SSSR count). The SMILES string of the molecule is CCCCc1cnc2n1C(c1ccc(-c3ccccc3-c3nn[nH]n3)cc1)CC(Br)=C2. The number of aromatic amines is 1. The Kier molecular flexibility index (Phi) is 5.51. The Bertz CT molecular complexity index is 1210. The Labute approximate surface area is 189 Å². The van der Waals surface area contributed by atoms with E-state index in [4.69, 9.17) is 0 Å². The Morgan fingerprint density at radius 1 is 1.10 bits per heavy atom. The van der Waals surface area contributed by atoms with Crippen LogP contribution in [-0.2, 0) is 6.42 Å². The van der Waals surface area contributed by atoms with Gasteiger partial charge in [-0.1, -0.05) is 77.8 Å². The lowest BCUT2D eigenvalue weighted by atomic mass is 9.95. The molecular weight excluding hydrogens is 452 g/mol. The zero-order valence-corrected chi connectivity index (χ0v) is 18.9. The fourth-order valence-corrected chi connectivity index (χ4v) is 4.77. The summed E-state index contributed by atoms with van der Waals surface area (Å²) in [6.07, 6.45) is 8.52. The van der Waals surface area contributed by atoms with Gasteiger partial charge >= 0.3 is 0 Å². The van der Waals surface area contributed by atoms with Crippen molar-refractivity contribution in [1.82, 2.24) is 30.2 Å². The number of H-pyrrole nitrogens is 1. The third-order valence-corrected chi connectivity index (χ3v) is 6.35. The first-order valence-corrected chi connectivity index (χ1v) is 11.4. The Balaban J connectivity index is 1.50. The van der Waals surface area contributed by atoms with Gasteiger partial charge in [-0.25, -0.2) is 4.98 Å². The van der Waals surface area contributed by atoms with Crippen LogP contribution in [0.5, 0.6) is 0 Å². The predicted octanol–water partition coefficient (Wildman–Crippen LogP) is 5.80. The number of fused-ring (bicyclic) bond motifs is 1. The maximum atomic E-state index is 4.67. The number of hydrogen-bond donors (Lipinski definition) is 1. The van der Waals surface area contributed by atoms with E-state index in [-0.39, 0.29) is 6.04 Å². The van der Waals surface area contributed by atoms with E-state index < -0.39 is 0 Å². The summed E-state index contributed by atoms with van der Waals surface area (Å²) in [5, 5.41) is 14.6. The summed E-state index contributed by atoms with van der Waals surface area (Å²) in [5.41, 5.74) is 5.78. The lowest BCUT2D eigenvalue weighted by molar-refractivity contribution is 0.546. The van der Waals surface area contributed by atoms with Gasteiger partial charge < -0.3 is 4.57 Å². The lowest BCUT2D eigenvalue weighted by Crippen LogP contribution is -2.18. The molecule has 2 aromatic carbocycles. The fraction of sp³-hybridized carbons (Fsp3) is 0.250. The second-order valence-corrected chi connectivity index (χ2v) is 8.81. The van der Waals surface area contributed by atoms with Gasteiger partial charge in [-0.2, -0.15) is 5.21 Å². The van der Waals surface area contributed by atoms with Crippen LogP contribution in [-0.4, -0.2) is 30.2 Å². The van der Waals surface area contributed by atoms with Crippen LogP contribution in [0.3, 0.4) is 0 Å². The van der Waals surface area contributed by atoms with E-state index in [0.717, 1.165) is 35.4 Å². The Morgan fingerprint density at radius 3 is 2.65 bits per heavy atom. The van der Waals surface area contributed by atoms with Gasteiger partial charge in [0.1, 0.15) is 5.82 Å². The van der Waals surface area contributed by atoms with Gasteiger partial charge in [-0.15, -0.1) is 10.2 Å². The molecule has 2 aromatic heterocycles. The highest BCUT2D eigenvalue weighted by molar-refractivity contribution is 9.11. The fourth-order valence-electron chi connectivity index (χ4n) is 4.25. The minimum atomic E-state index is 0.241. The first-order chi connectivity index (χ1) is 15.2. The maximum absolute atomic E-state index is 4.67. The molecule has 156 valence electrons. The van der Waals surface area contributed by atoms with E-state index in [0.29, 0.717) is 5.82 Å². The van der Waals surface area contributed by atoms with E-state index in [2.05, 4.69) is 89.4 Å². The zero-order chi connectivity index (χ0) is 21.2. The van der Waals surface area contributed by atoms with Gasteiger partial charge in [-0.3, -0.25) is 0 Å². The lowest BCUT2D eigenvalue weighted by Gasteiger charge is -2.27. The minimum Gasteiger partial charge on any atom is -0.321 e. The van der Waals surface area contributed by atoms with Crippen LogP contribution in [0.4, 0.5) is 0 Å². The molecular formula is C24H23BrN6. The number of aromatic nitrogens is 6. The Morgan fingerprint density at radius 2 is 1.90 bits per heavy atom. The van der Waals surface area contributed by atoms with Crippen LogP contribution in [0.25, 0.3) is 28.6 Å². The summed E-state index contributed by atoms with van der Waals surface area (Å²) < 4.78 is 3.59. The van der Waals surface area contributed by atoms with Gasteiger partial charge in [0.2, 0.25) is 5.82 Å². The number of unbranched alkanes of at least 4 members (excludes halogenated alkanes) is 1. The van der Waals surface area contributed by atoms with Crippen molar-refractivity contribution in [2.24, 2.45) is 0 Å². The van der Waals surface area contributed by atoms with Crippen LogP contribution in [0.1, 0.15) is 49.3 Å². The van der Waals surface area contributed by atoms with Gasteiger partial charge in [-0.05, 0) is 40.8 Å². The highest BCUT2D eigenvalue weighted by Gasteiger charge is 2.25. The van der Waals surface area contributed by atoms with Crippen LogP contribution < -0.4 is 0 Å². The predicted molar refractivity (Wildman–Crippen MR) is 126 cm³/mol. The number of halogens is 1. The number of rotatable bonds is 6. The summed E-state index contributed by atoms with van der Waals surface area (Å²) in [6.45, 7) is 2.23. The molecule has 0 spiro atoms.